The summed E-state index contributed by atoms with van der Waals surface area (Å²) in [5.41, 5.74) is 5.90. The minimum absolute atomic E-state index is 0.791. The summed E-state index contributed by atoms with van der Waals surface area (Å²) in [4.78, 5) is 4.44. The molecule has 2 aromatic heterocycles. The van der Waals surface area contributed by atoms with Crippen molar-refractivity contribution < 1.29 is 0 Å². The number of hydrazone groups is 1. The predicted molar refractivity (Wildman–Crippen MR) is 78.8 cm³/mol. The van der Waals surface area contributed by atoms with E-state index >= 15 is 0 Å². The lowest BCUT2D eigenvalue weighted by Crippen LogP contribution is -1.89. The molecule has 96 valence electrons. The van der Waals surface area contributed by atoms with E-state index in [-0.39, 0.29) is 0 Å². The lowest BCUT2D eigenvalue weighted by atomic mass is 10.3. The summed E-state index contributed by atoms with van der Waals surface area (Å²) in [6.07, 6.45) is 3.69. The molecule has 0 unspecified atom stereocenters. The van der Waals surface area contributed by atoms with Gasteiger partial charge in [-0.05, 0) is 19.1 Å². The van der Waals surface area contributed by atoms with Gasteiger partial charge in [-0.1, -0.05) is 23.5 Å². The van der Waals surface area contributed by atoms with Gasteiger partial charge in [0.15, 0.2) is 0 Å². The Morgan fingerprint density at radius 2 is 2.21 bits per heavy atom. The van der Waals surface area contributed by atoms with Gasteiger partial charge in [-0.2, -0.15) is 10.2 Å². The van der Waals surface area contributed by atoms with E-state index in [1.807, 2.05) is 44.4 Å². The van der Waals surface area contributed by atoms with Gasteiger partial charge in [0, 0.05) is 18.8 Å². The van der Waals surface area contributed by atoms with E-state index in [2.05, 4.69) is 20.6 Å². The van der Waals surface area contributed by atoms with Gasteiger partial charge in [-0.3, -0.25) is 10.1 Å². The zero-order chi connectivity index (χ0) is 13.2. The zero-order valence-electron chi connectivity index (χ0n) is 10.7. The molecule has 0 bridgehead atoms. The molecule has 0 aliphatic heterocycles. The summed E-state index contributed by atoms with van der Waals surface area (Å²) in [6.45, 7) is 1.96. The van der Waals surface area contributed by atoms with Crippen LogP contribution in [0.15, 0.2) is 35.6 Å². The second-order valence-corrected chi connectivity index (χ2v) is 5.23. The maximum Gasteiger partial charge on any atom is 0.204 e. The second kappa shape index (κ2) is 4.81. The van der Waals surface area contributed by atoms with Gasteiger partial charge < -0.3 is 0 Å². The first-order chi connectivity index (χ1) is 9.22. The van der Waals surface area contributed by atoms with Crippen LogP contribution in [-0.4, -0.2) is 21.0 Å². The minimum Gasteiger partial charge on any atom is -0.275 e. The summed E-state index contributed by atoms with van der Waals surface area (Å²) in [5, 5.41) is 9.25. The zero-order valence-corrected chi connectivity index (χ0v) is 11.5. The van der Waals surface area contributed by atoms with Gasteiger partial charge >= 0.3 is 0 Å². The Morgan fingerprint density at radius 3 is 2.95 bits per heavy atom. The van der Waals surface area contributed by atoms with Crippen molar-refractivity contribution in [3.8, 4) is 0 Å². The van der Waals surface area contributed by atoms with Crippen molar-refractivity contribution in [1.29, 1.82) is 0 Å². The SMILES string of the molecule is Cc1nn(C)cc1/C=N/Nc1nc2ccccc2s1. The fourth-order valence-electron chi connectivity index (χ4n) is 1.82. The average Bonchev–Trinajstić information content (AvgIpc) is 2.92. The first kappa shape index (κ1) is 11.9. The third-order valence-electron chi connectivity index (χ3n) is 2.71. The Labute approximate surface area is 114 Å². The van der Waals surface area contributed by atoms with Crippen LogP contribution in [0.5, 0.6) is 0 Å². The van der Waals surface area contributed by atoms with Crippen molar-refractivity contribution in [3.63, 3.8) is 0 Å². The standard InChI is InChI=1S/C13H13N5S/c1-9-10(8-18(2)17-9)7-14-16-13-15-11-5-3-4-6-12(11)19-13/h3-8H,1-2H3,(H,15,16)/b14-7+. The number of aryl methyl sites for hydroxylation is 2. The van der Waals surface area contributed by atoms with Crippen molar-refractivity contribution in [2.75, 3.05) is 5.43 Å². The first-order valence-corrected chi connectivity index (χ1v) is 6.69. The van der Waals surface area contributed by atoms with Crippen LogP contribution in [0.4, 0.5) is 5.13 Å². The number of benzene rings is 1. The third kappa shape index (κ3) is 2.48. The van der Waals surface area contributed by atoms with Crippen molar-refractivity contribution in [2.24, 2.45) is 12.1 Å². The smallest absolute Gasteiger partial charge is 0.204 e. The van der Waals surface area contributed by atoms with Gasteiger partial charge in [-0.15, -0.1) is 0 Å². The summed E-state index contributed by atoms with van der Waals surface area (Å²) >= 11 is 1.59. The number of hydrogen-bond acceptors (Lipinski definition) is 5. The van der Waals surface area contributed by atoms with Gasteiger partial charge in [0.05, 0.1) is 22.1 Å². The molecule has 0 saturated heterocycles. The highest BCUT2D eigenvalue weighted by Crippen LogP contribution is 2.25. The highest BCUT2D eigenvalue weighted by molar-refractivity contribution is 7.22. The van der Waals surface area contributed by atoms with E-state index in [1.165, 1.54) is 0 Å². The van der Waals surface area contributed by atoms with E-state index in [9.17, 15) is 0 Å². The number of rotatable bonds is 3. The molecule has 0 saturated carbocycles. The highest BCUT2D eigenvalue weighted by Gasteiger charge is 2.02. The van der Waals surface area contributed by atoms with Crippen LogP contribution in [-0.2, 0) is 7.05 Å². The molecular formula is C13H13N5S. The van der Waals surface area contributed by atoms with Gasteiger partial charge in [0.1, 0.15) is 0 Å². The summed E-state index contributed by atoms with van der Waals surface area (Å²) in [5.74, 6) is 0. The Morgan fingerprint density at radius 1 is 1.37 bits per heavy atom. The largest absolute Gasteiger partial charge is 0.275 e. The van der Waals surface area contributed by atoms with Crippen molar-refractivity contribution in [2.45, 2.75) is 6.92 Å². The number of thiazole rings is 1. The highest BCUT2D eigenvalue weighted by atomic mass is 32.1. The fraction of sp³-hybridized carbons (Fsp3) is 0.154. The molecule has 6 heteroatoms. The number of nitrogens with zero attached hydrogens (tertiary/aromatic N) is 4. The normalized spacial score (nSPS) is 11.5. The van der Waals surface area contributed by atoms with Crippen LogP contribution in [0.25, 0.3) is 10.2 Å². The molecule has 0 aliphatic carbocycles. The molecule has 0 amide bonds. The molecule has 0 atom stereocenters. The monoisotopic (exact) mass is 271 g/mol. The molecule has 0 spiro atoms. The van der Waals surface area contributed by atoms with Crippen molar-refractivity contribution >= 4 is 32.9 Å². The Hall–Kier alpha value is -2.21. The van der Waals surface area contributed by atoms with Gasteiger partial charge in [-0.25, -0.2) is 4.98 Å². The molecule has 5 nitrogen and oxygen atoms in total. The summed E-state index contributed by atoms with van der Waals surface area (Å²) in [7, 11) is 1.89. The Bertz CT molecular complexity index is 707. The van der Waals surface area contributed by atoms with Crippen LogP contribution >= 0.6 is 11.3 Å². The molecule has 0 radical (unpaired) electrons. The van der Waals surface area contributed by atoms with Crippen LogP contribution in [0.3, 0.4) is 0 Å². The van der Waals surface area contributed by atoms with E-state index in [0.717, 1.165) is 26.6 Å². The molecule has 19 heavy (non-hydrogen) atoms. The van der Waals surface area contributed by atoms with Gasteiger partial charge in [0.25, 0.3) is 0 Å². The molecule has 3 aromatic rings. The summed E-state index contributed by atoms with van der Waals surface area (Å²) in [6, 6.07) is 8.03. The second-order valence-electron chi connectivity index (χ2n) is 4.20. The Kier molecular flexibility index (Phi) is 3.00. The summed E-state index contributed by atoms with van der Waals surface area (Å²) < 4.78 is 2.92. The molecule has 2 heterocycles. The van der Waals surface area contributed by atoms with Crippen LogP contribution in [0.2, 0.25) is 0 Å². The first-order valence-electron chi connectivity index (χ1n) is 5.87. The predicted octanol–water partition coefficient (Wildman–Crippen LogP) is 2.78. The molecule has 1 aromatic carbocycles. The quantitative estimate of drug-likeness (QED) is 0.588. The van der Waals surface area contributed by atoms with E-state index in [1.54, 1.807) is 22.2 Å². The topological polar surface area (TPSA) is 55.1 Å². The van der Waals surface area contributed by atoms with Crippen LogP contribution in [0, 0.1) is 6.92 Å². The number of hydrogen-bond donors (Lipinski definition) is 1. The van der Waals surface area contributed by atoms with E-state index < -0.39 is 0 Å². The molecule has 1 N–H and O–H groups in total. The minimum atomic E-state index is 0.791. The van der Waals surface area contributed by atoms with E-state index in [4.69, 9.17) is 0 Å². The number of fused-ring (bicyclic) bond motifs is 1. The third-order valence-corrected chi connectivity index (χ3v) is 3.65. The average molecular weight is 271 g/mol. The van der Waals surface area contributed by atoms with Crippen molar-refractivity contribution in [1.82, 2.24) is 14.8 Å². The fourth-order valence-corrected chi connectivity index (χ4v) is 2.64. The molecular weight excluding hydrogens is 258 g/mol. The number of aromatic nitrogens is 3. The molecule has 0 aliphatic rings. The van der Waals surface area contributed by atoms with Crippen molar-refractivity contribution in [3.05, 3.63) is 41.7 Å². The van der Waals surface area contributed by atoms with Crippen LogP contribution in [0.1, 0.15) is 11.3 Å². The number of nitrogens with one attached hydrogen (secondary N) is 1. The van der Waals surface area contributed by atoms with Crippen LogP contribution < -0.4 is 5.43 Å². The lowest BCUT2D eigenvalue weighted by molar-refractivity contribution is 0.756. The number of para-hydroxylation sites is 1. The van der Waals surface area contributed by atoms with E-state index in [0.29, 0.717) is 0 Å². The van der Waals surface area contributed by atoms with Gasteiger partial charge in [0.2, 0.25) is 5.13 Å². The maximum absolute atomic E-state index is 4.44. The molecule has 0 fully saturated rings. The lowest BCUT2D eigenvalue weighted by Gasteiger charge is -1.91. The maximum atomic E-state index is 4.44. The Balaban J connectivity index is 1.77. The molecule has 3 rings (SSSR count). The number of anilines is 1.